The zero-order valence-corrected chi connectivity index (χ0v) is 14.8. The number of nitrogens with one attached hydrogen (secondary N) is 2. The van der Waals surface area contributed by atoms with Crippen molar-refractivity contribution in [2.24, 2.45) is 0 Å². The van der Waals surface area contributed by atoms with Gasteiger partial charge in [0, 0.05) is 23.4 Å². The van der Waals surface area contributed by atoms with Gasteiger partial charge in [0.2, 0.25) is 10.0 Å². The van der Waals surface area contributed by atoms with E-state index in [0.717, 1.165) is 5.56 Å². The molecule has 0 spiro atoms. The molecule has 0 fully saturated rings. The summed E-state index contributed by atoms with van der Waals surface area (Å²) in [5, 5.41) is 6.90. The molecule has 2 aromatic rings. The fraction of sp³-hybridized carbons (Fsp3) is 0.429. The van der Waals surface area contributed by atoms with E-state index in [1.807, 2.05) is 43.8 Å². The molecule has 116 valence electrons. The zero-order chi connectivity index (χ0) is 15.5. The van der Waals surface area contributed by atoms with E-state index >= 15 is 0 Å². The molecule has 2 N–H and O–H groups in total. The van der Waals surface area contributed by atoms with Crippen LogP contribution in [0.2, 0.25) is 0 Å². The average molecular weight is 345 g/mol. The first-order chi connectivity index (χ1) is 9.85. The van der Waals surface area contributed by atoms with Crippen molar-refractivity contribution < 1.29 is 8.42 Å². The van der Waals surface area contributed by atoms with Crippen molar-refractivity contribution in [2.45, 2.75) is 30.0 Å². The van der Waals surface area contributed by atoms with E-state index in [2.05, 4.69) is 10.0 Å². The largest absolute Gasteiger partial charge is 0.316 e. The Morgan fingerprint density at radius 2 is 2.05 bits per heavy atom. The van der Waals surface area contributed by atoms with Crippen LogP contribution in [0, 0.1) is 0 Å². The van der Waals surface area contributed by atoms with Gasteiger partial charge in [0.1, 0.15) is 4.21 Å². The van der Waals surface area contributed by atoms with Gasteiger partial charge in [0.15, 0.2) is 0 Å². The van der Waals surface area contributed by atoms with Crippen molar-refractivity contribution in [3.8, 4) is 0 Å². The van der Waals surface area contributed by atoms with Crippen molar-refractivity contribution in [3.05, 3.63) is 39.4 Å². The fourth-order valence-electron chi connectivity index (χ4n) is 1.89. The van der Waals surface area contributed by atoms with Crippen LogP contribution in [0.4, 0.5) is 0 Å². The molecule has 0 saturated carbocycles. The van der Waals surface area contributed by atoms with Gasteiger partial charge in [-0.3, -0.25) is 0 Å². The van der Waals surface area contributed by atoms with Crippen LogP contribution in [-0.2, 0) is 22.0 Å². The summed E-state index contributed by atoms with van der Waals surface area (Å²) in [7, 11) is -1.60. The Bertz CT molecular complexity index is 673. The number of hydrogen-bond acceptors (Lipinski definition) is 5. The molecule has 0 amide bonds. The van der Waals surface area contributed by atoms with Crippen LogP contribution >= 0.6 is 22.7 Å². The van der Waals surface area contributed by atoms with Gasteiger partial charge in [-0.25, -0.2) is 13.1 Å². The maximum Gasteiger partial charge on any atom is 0.250 e. The van der Waals surface area contributed by atoms with Crippen molar-refractivity contribution in [1.29, 1.82) is 0 Å². The molecule has 0 aliphatic rings. The van der Waals surface area contributed by atoms with Gasteiger partial charge in [-0.05, 0) is 35.5 Å². The molecule has 0 aliphatic carbocycles. The molecule has 0 unspecified atom stereocenters. The van der Waals surface area contributed by atoms with Gasteiger partial charge >= 0.3 is 0 Å². The maximum atomic E-state index is 12.3. The Morgan fingerprint density at radius 3 is 2.67 bits per heavy atom. The Balaban J connectivity index is 2.07. The lowest BCUT2D eigenvalue weighted by molar-refractivity contribution is 0.510. The van der Waals surface area contributed by atoms with E-state index in [4.69, 9.17) is 0 Å². The molecule has 2 heterocycles. The highest BCUT2D eigenvalue weighted by Gasteiger charge is 2.25. The van der Waals surface area contributed by atoms with Crippen LogP contribution in [-0.4, -0.2) is 22.0 Å². The molecule has 0 saturated heterocycles. The summed E-state index contributed by atoms with van der Waals surface area (Å²) in [4.78, 5) is 1.17. The van der Waals surface area contributed by atoms with Gasteiger partial charge in [-0.1, -0.05) is 19.9 Å². The molecule has 0 bridgehead atoms. The molecule has 2 aromatic heterocycles. The molecule has 21 heavy (non-hydrogen) atoms. The van der Waals surface area contributed by atoms with Crippen LogP contribution < -0.4 is 10.0 Å². The Hall–Kier alpha value is -0.730. The van der Waals surface area contributed by atoms with E-state index in [9.17, 15) is 8.42 Å². The SMILES string of the molecule is CNCc1csc(S(=O)(=O)NCC(C)(C)c2cccs2)c1. The van der Waals surface area contributed by atoms with E-state index in [1.165, 1.54) is 16.2 Å². The Labute approximate surface area is 134 Å². The van der Waals surface area contributed by atoms with Crippen molar-refractivity contribution in [2.75, 3.05) is 13.6 Å². The molecule has 0 atom stereocenters. The fourth-order valence-corrected chi connectivity index (χ4v) is 5.21. The van der Waals surface area contributed by atoms with Crippen LogP contribution in [0.1, 0.15) is 24.3 Å². The molecule has 0 aliphatic heterocycles. The minimum Gasteiger partial charge on any atom is -0.316 e. The van der Waals surface area contributed by atoms with E-state index in [0.29, 0.717) is 17.3 Å². The lowest BCUT2D eigenvalue weighted by Crippen LogP contribution is -2.35. The predicted octanol–water partition coefficient (Wildman–Crippen LogP) is 2.79. The highest BCUT2D eigenvalue weighted by atomic mass is 32.2. The summed E-state index contributed by atoms with van der Waals surface area (Å²) < 4.78 is 27.8. The quantitative estimate of drug-likeness (QED) is 0.812. The summed E-state index contributed by atoms with van der Waals surface area (Å²) in [6, 6.07) is 5.75. The van der Waals surface area contributed by atoms with E-state index < -0.39 is 10.0 Å². The molecule has 2 rings (SSSR count). The Morgan fingerprint density at radius 1 is 1.29 bits per heavy atom. The minimum absolute atomic E-state index is 0.216. The van der Waals surface area contributed by atoms with Crippen molar-refractivity contribution in [1.82, 2.24) is 10.0 Å². The van der Waals surface area contributed by atoms with Crippen LogP contribution in [0.5, 0.6) is 0 Å². The lowest BCUT2D eigenvalue weighted by atomic mass is 9.92. The molecule has 4 nitrogen and oxygen atoms in total. The predicted molar refractivity (Wildman–Crippen MR) is 89.6 cm³/mol. The van der Waals surface area contributed by atoms with Gasteiger partial charge in [-0.2, -0.15) is 0 Å². The summed E-state index contributed by atoms with van der Waals surface area (Å²) in [5.74, 6) is 0. The third kappa shape index (κ3) is 4.14. The monoisotopic (exact) mass is 344 g/mol. The number of sulfonamides is 1. The smallest absolute Gasteiger partial charge is 0.250 e. The topological polar surface area (TPSA) is 58.2 Å². The lowest BCUT2D eigenvalue weighted by Gasteiger charge is -2.23. The number of thiophene rings is 2. The Kier molecular flexibility index (Phi) is 5.21. The third-order valence-electron chi connectivity index (χ3n) is 3.17. The molecule has 7 heteroatoms. The molecular weight excluding hydrogens is 324 g/mol. The standard InChI is InChI=1S/C14H20N2O2S3/c1-14(2,12-5-4-6-19-12)10-16-21(17,18)13-7-11(8-15-3)9-20-13/h4-7,9,15-16H,8,10H2,1-3H3. The van der Waals surface area contributed by atoms with Crippen molar-refractivity contribution in [3.63, 3.8) is 0 Å². The number of rotatable bonds is 7. The first kappa shape index (κ1) is 16.6. The molecule has 0 aromatic carbocycles. The summed E-state index contributed by atoms with van der Waals surface area (Å²) in [6.45, 7) is 5.15. The van der Waals surface area contributed by atoms with Gasteiger partial charge in [0.25, 0.3) is 0 Å². The third-order valence-corrected chi connectivity index (χ3v) is 7.29. The van der Waals surface area contributed by atoms with Gasteiger partial charge in [0.05, 0.1) is 0 Å². The second-order valence-electron chi connectivity index (χ2n) is 5.49. The first-order valence-corrected chi connectivity index (χ1v) is 9.85. The summed E-state index contributed by atoms with van der Waals surface area (Å²) in [6.07, 6.45) is 0. The second kappa shape index (κ2) is 6.58. The highest BCUT2D eigenvalue weighted by molar-refractivity contribution is 7.91. The average Bonchev–Trinajstić information content (AvgIpc) is 3.08. The van der Waals surface area contributed by atoms with Gasteiger partial charge < -0.3 is 5.32 Å². The van der Waals surface area contributed by atoms with Crippen molar-refractivity contribution >= 4 is 32.7 Å². The summed E-state index contributed by atoms with van der Waals surface area (Å²) in [5.41, 5.74) is 0.771. The van der Waals surface area contributed by atoms with Crippen LogP contribution in [0.25, 0.3) is 0 Å². The normalized spacial score (nSPS) is 12.7. The molecule has 0 radical (unpaired) electrons. The van der Waals surface area contributed by atoms with E-state index in [-0.39, 0.29) is 5.41 Å². The van der Waals surface area contributed by atoms with E-state index in [1.54, 1.807) is 17.4 Å². The minimum atomic E-state index is -3.44. The van der Waals surface area contributed by atoms with Crippen LogP contribution in [0.3, 0.4) is 0 Å². The number of hydrogen-bond donors (Lipinski definition) is 2. The van der Waals surface area contributed by atoms with Gasteiger partial charge in [-0.15, -0.1) is 22.7 Å². The highest BCUT2D eigenvalue weighted by Crippen LogP contribution is 2.27. The van der Waals surface area contributed by atoms with Crippen LogP contribution in [0.15, 0.2) is 33.2 Å². The first-order valence-electron chi connectivity index (χ1n) is 6.61. The maximum absolute atomic E-state index is 12.3. The summed E-state index contributed by atoms with van der Waals surface area (Å²) >= 11 is 2.90. The second-order valence-corrected chi connectivity index (χ2v) is 9.34. The zero-order valence-electron chi connectivity index (χ0n) is 12.3. The molecular formula is C14H20N2O2S3.